The minimum Gasteiger partial charge on any atom is -0.491 e. The van der Waals surface area contributed by atoms with Crippen molar-refractivity contribution in [3.8, 4) is 22.6 Å². The molecule has 0 saturated carbocycles. The maximum Gasteiger partial charge on any atom is 0.416 e. The van der Waals surface area contributed by atoms with Gasteiger partial charge in [0.1, 0.15) is 17.1 Å². The maximum absolute atomic E-state index is 12.8. The Kier molecular flexibility index (Phi) is 5.38. The number of halogens is 3. The molecule has 4 rings (SSSR count). The zero-order chi connectivity index (χ0) is 23.0. The van der Waals surface area contributed by atoms with Crippen LogP contribution in [0.1, 0.15) is 29.9 Å². The summed E-state index contributed by atoms with van der Waals surface area (Å²) < 4.78 is 45.6. The molecule has 0 aliphatic rings. The summed E-state index contributed by atoms with van der Waals surface area (Å²) >= 11 is 0. The van der Waals surface area contributed by atoms with Crippen molar-refractivity contribution in [3.05, 3.63) is 78.1 Å². The Balaban J connectivity index is 1.76. The summed E-state index contributed by atoms with van der Waals surface area (Å²) in [7, 11) is 0. The number of aromatic nitrogens is 2. The fraction of sp³-hybridized carbons (Fsp3) is 0.167. The highest BCUT2D eigenvalue weighted by molar-refractivity contribution is 5.96. The van der Waals surface area contributed by atoms with Crippen LogP contribution in [0.2, 0.25) is 0 Å². The van der Waals surface area contributed by atoms with E-state index in [-0.39, 0.29) is 11.8 Å². The average molecular weight is 440 g/mol. The van der Waals surface area contributed by atoms with Gasteiger partial charge in [-0.15, -0.1) is 0 Å². The summed E-state index contributed by atoms with van der Waals surface area (Å²) in [4.78, 5) is 16.3. The molecule has 0 aliphatic carbocycles. The Morgan fingerprint density at radius 3 is 2.22 bits per heavy atom. The van der Waals surface area contributed by atoms with Gasteiger partial charge in [-0.05, 0) is 67.9 Å². The summed E-state index contributed by atoms with van der Waals surface area (Å²) in [6, 6.07) is 15.0. The summed E-state index contributed by atoms with van der Waals surface area (Å²) in [6.07, 6.45) is -2.89. The quantitative estimate of drug-likeness (QED) is 0.402. The van der Waals surface area contributed by atoms with Crippen LogP contribution in [0.15, 0.2) is 66.9 Å². The van der Waals surface area contributed by atoms with Gasteiger partial charge in [-0.3, -0.25) is 4.57 Å². The van der Waals surface area contributed by atoms with E-state index in [1.807, 2.05) is 13.8 Å². The molecule has 32 heavy (non-hydrogen) atoms. The van der Waals surface area contributed by atoms with E-state index in [9.17, 15) is 23.1 Å². The van der Waals surface area contributed by atoms with Crippen LogP contribution in [-0.2, 0) is 6.18 Å². The predicted octanol–water partition coefficient (Wildman–Crippen LogP) is 6.20. The molecule has 0 aliphatic heterocycles. The number of hydrogen-bond donors (Lipinski definition) is 1. The smallest absolute Gasteiger partial charge is 0.416 e. The zero-order valence-electron chi connectivity index (χ0n) is 17.2. The van der Waals surface area contributed by atoms with E-state index < -0.39 is 17.7 Å². The molecule has 0 radical (unpaired) electrons. The Morgan fingerprint density at radius 2 is 1.66 bits per heavy atom. The number of aromatic carboxylic acids is 1. The van der Waals surface area contributed by atoms with Gasteiger partial charge in [0, 0.05) is 22.8 Å². The standard InChI is InChI=1S/C24H19F3N2O3/c1-14(2)32-20-9-7-19(8-10-20)29-21(23(30)31)12-16-11-17(13-28-22(16)29)15-3-5-18(6-4-15)24(25,26)27/h3-14H,1-2H3,(H,30,31). The van der Waals surface area contributed by atoms with Crippen molar-refractivity contribution < 1.29 is 27.8 Å². The molecule has 2 aromatic heterocycles. The summed E-state index contributed by atoms with van der Waals surface area (Å²) in [5.41, 5.74) is 1.45. The van der Waals surface area contributed by atoms with Crippen molar-refractivity contribution in [2.24, 2.45) is 0 Å². The Morgan fingerprint density at radius 1 is 1.00 bits per heavy atom. The van der Waals surface area contributed by atoms with E-state index in [1.54, 1.807) is 30.3 Å². The van der Waals surface area contributed by atoms with Crippen LogP contribution in [-0.4, -0.2) is 26.7 Å². The van der Waals surface area contributed by atoms with Crippen molar-refractivity contribution in [1.29, 1.82) is 0 Å². The van der Waals surface area contributed by atoms with Crippen LogP contribution in [0.5, 0.6) is 5.75 Å². The SMILES string of the molecule is CC(C)Oc1ccc(-n2c(C(=O)O)cc3cc(-c4ccc(C(F)(F)F)cc4)cnc32)cc1. The molecule has 8 heteroatoms. The highest BCUT2D eigenvalue weighted by atomic mass is 19.4. The van der Waals surface area contributed by atoms with Crippen molar-refractivity contribution in [2.45, 2.75) is 26.1 Å². The second-order valence-electron chi connectivity index (χ2n) is 7.54. The fourth-order valence-corrected chi connectivity index (χ4v) is 3.47. The minimum atomic E-state index is -4.41. The zero-order valence-corrected chi connectivity index (χ0v) is 17.2. The Labute approximate surface area is 181 Å². The molecule has 2 aromatic carbocycles. The first-order valence-corrected chi connectivity index (χ1v) is 9.83. The van der Waals surface area contributed by atoms with E-state index in [1.165, 1.54) is 29.0 Å². The number of alkyl halides is 3. The van der Waals surface area contributed by atoms with E-state index in [2.05, 4.69) is 4.98 Å². The first-order valence-electron chi connectivity index (χ1n) is 9.83. The Hall–Kier alpha value is -3.81. The second-order valence-corrected chi connectivity index (χ2v) is 7.54. The van der Waals surface area contributed by atoms with Crippen LogP contribution in [0.4, 0.5) is 13.2 Å². The molecular formula is C24H19F3N2O3. The van der Waals surface area contributed by atoms with Crippen LogP contribution in [0, 0.1) is 0 Å². The third-order valence-electron chi connectivity index (χ3n) is 4.87. The highest BCUT2D eigenvalue weighted by Crippen LogP contribution is 2.32. The number of carboxylic acids is 1. The van der Waals surface area contributed by atoms with E-state index in [0.29, 0.717) is 33.6 Å². The lowest BCUT2D eigenvalue weighted by Crippen LogP contribution is -2.08. The van der Waals surface area contributed by atoms with Gasteiger partial charge in [0.15, 0.2) is 0 Å². The molecule has 0 saturated heterocycles. The number of carboxylic acid groups (broad SMARTS) is 1. The van der Waals surface area contributed by atoms with Crippen molar-refractivity contribution in [2.75, 3.05) is 0 Å². The molecule has 0 unspecified atom stereocenters. The third-order valence-corrected chi connectivity index (χ3v) is 4.87. The van der Waals surface area contributed by atoms with E-state index in [0.717, 1.165) is 12.1 Å². The number of hydrogen-bond acceptors (Lipinski definition) is 3. The van der Waals surface area contributed by atoms with Gasteiger partial charge in [0.25, 0.3) is 0 Å². The fourth-order valence-electron chi connectivity index (χ4n) is 3.47. The number of fused-ring (bicyclic) bond motifs is 1. The average Bonchev–Trinajstić information content (AvgIpc) is 3.12. The van der Waals surface area contributed by atoms with Gasteiger partial charge in [0.05, 0.1) is 11.7 Å². The van der Waals surface area contributed by atoms with Crippen LogP contribution < -0.4 is 4.74 Å². The number of benzene rings is 2. The summed E-state index contributed by atoms with van der Waals surface area (Å²) in [5, 5.41) is 10.3. The summed E-state index contributed by atoms with van der Waals surface area (Å²) in [5.74, 6) is -0.462. The normalized spacial score (nSPS) is 11.8. The molecule has 5 nitrogen and oxygen atoms in total. The largest absolute Gasteiger partial charge is 0.491 e. The van der Waals surface area contributed by atoms with Crippen LogP contribution in [0.3, 0.4) is 0 Å². The minimum absolute atomic E-state index is 0.00752. The number of nitrogens with zero attached hydrogens (tertiary/aromatic N) is 2. The molecule has 4 aromatic rings. The third kappa shape index (κ3) is 4.16. The number of pyridine rings is 1. The summed E-state index contributed by atoms with van der Waals surface area (Å²) in [6.45, 7) is 3.82. The van der Waals surface area contributed by atoms with Gasteiger partial charge >= 0.3 is 12.1 Å². The van der Waals surface area contributed by atoms with Gasteiger partial charge in [0.2, 0.25) is 0 Å². The molecule has 0 atom stereocenters. The van der Waals surface area contributed by atoms with Gasteiger partial charge in [-0.1, -0.05) is 12.1 Å². The van der Waals surface area contributed by atoms with Gasteiger partial charge < -0.3 is 9.84 Å². The van der Waals surface area contributed by atoms with Crippen molar-refractivity contribution >= 4 is 17.0 Å². The number of carbonyl (C=O) groups is 1. The highest BCUT2D eigenvalue weighted by Gasteiger charge is 2.30. The van der Waals surface area contributed by atoms with Crippen molar-refractivity contribution in [1.82, 2.24) is 9.55 Å². The van der Waals surface area contributed by atoms with E-state index >= 15 is 0 Å². The number of ether oxygens (including phenoxy) is 1. The predicted molar refractivity (Wildman–Crippen MR) is 114 cm³/mol. The molecule has 0 spiro atoms. The molecule has 0 amide bonds. The van der Waals surface area contributed by atoms with Gasteiger partial charge in [-0.25, -0.2) is 9.78 Å². The Bertz CT molecular complexity index is 1280. The molecule has 0 fully saturated rings. The monoisotopic (exact) mass is 440 g/mol. The van der Waals surface area contributed by atoms with Crippen LogP contribution >= 0.6 is 0 Å². The van der Waals surface area contributed by atoms with E-state index in [4.69, 9.17) is 4.74 Å². The number of rotatable bonds is 5. The van der Waals surface area contributed by atoms with Crippen molar-refractivity contribution in [3.63, 3.8) is 0 Å². The first-order chi connectivity index (χ1) is 15.1. The lowest BCUT2D eigenvalue weighted by Gasteiger charge is -2.12. The molecule has 0 bridgehead atoms. The molecular weight excluding hydrogens is 421 g/mol. The van der Waals surface area contributed by atoms with Crippen LogP contribution in [0.25, 0.3) is 27.8 Å². The molecule has 1 N–H and O–H groups in total. The molecule has 164 valence electrons. The lowest BCUT2D eigenvalue weighted by atomic mass is 10.0. The maximum atomic E-state index is 12.8. The topological polar surface area (TPSA) is 64.3 Å². The molecule has 2 heterocycles. The first kappa shape index (κ1) is 21.4. The lowest BCUT2D eigenvalue weighted by molar-refractivity contribution is -0.137. The second kappa shape index (κ2) is 8.03. The van der Waals surface area contributed by atoms with Gasteiger partial charge in [-0.2, -0.15) is 13.2 Å².